The molecule has 0 saturated carbocycles. The average molecular weight is 273 g/mol. The van der Waals surface area contributed by atoms with Gasteiger partial charge in [0.25, 0.3) is 0 Å². The Labute approximate surface area is 111 Å². The van der Waals surface area contributed by atoms with E-state index in [4.69, 9.17) is 5.11 Å². The maximum atomic E-state index is 12.0. The number of carbonyl (C=O) groups is 3. The van der Waals surface area contributed by atoms with Crippen molar-refractivity contribution in [2.24, 2.45) is 5.92 Å². The van der Waals surface area contributed by atoms with Crippen LogP contribution in [0.4, 0.5) is 0 Å². The highest BCUT2D eigenvalue weighted by Gasteiger charge is 2.40. The number of imide groups is 1. The molecule has 1 aliphatic rings. The molecule has 1 fully saturated rings. The van der Waals surface area contributed by atoms with Crippen molar-refractivity contribution in [3.8, 4) is 0 Å². The van der Waals surface area contributed by atoms with Crippen LogP contribution < -0.4 is 0 Å². The van der Waals surface area contributed by atoms with Crippen LogP contribution in [0.1, 0.15) is 33.6 Å². The molecule has 3 atom stereocenters. The maximum absolute atomic E-state index is 12.0. The third kappa shape index (κ3) is 3.25. The van der Waals surface area contributed by atoms with Gasteiger partial charge in [0.1, 0.15) is 0 Å². The van der Waals surface area contributed by atoms with Gasteiger partial charge in [0.05, 0.1) is 11.2 Å². The molecule has 1 aliphatic heterocycles. The molecule has 0 spiro atoms. The molecular weight excluding hydrogens is 254 g/mol. The molecule has 0 aliphatic carbocycles. The quantitative estimate of drug-likeness (QED) is 0.740. The van der Waals surface area contributed by atoms with Crippen molar-refractivity contribution in [2.45, 2.75) is 44.9 Å². The van der Waals surface area contributed by atoms with Gasteiger partial charge in [0.15, 0.2) is 0 Å². The minimum Gasteiger partial charge on any atom is -0.481 e. The first-order valence-corrected chi connectivity index (χ1v) is 7.13. The van der Waals surface area contributed by atoms with Gasteiger partial charge in [-0.2, -0.15) is 0 Å². The first-order valence-electron chi connectivity index (χ1n) is 6.08. The molecule has 1 saturated heterocycles. The van der Waals surface area contributed by atoms with E-state index in [0.717, 1.165) is 6.42 Å². The molecule has 0 radical (unpaired) electrons. The van der Waals surface area contributed by atoms with Crippen LogP contribution in [-0.2, 0) is 14.4 Å². The highest BCUT2D eigenvalue weighted by molar-refractivity contribution is 8.00. The Morgan fingerprint density at radius 1 is 1.50 bits per heavy atom. The number of aliphatic carboxylic acids is 1. The minimum atomic E-state index is -0.877. The molecule has 2 amide bonds. The predicted molar refractivity (Wildman–Crippen MR) is 69.3 cm³/mol. The standard InChI is InChI=1S/C12H19NO4S/c1-4-8(3)13-10(14)5-9(11(13)15)18-6-7(2)12(16)17/h7-9H,4-6H2,1-3H3,(H,16,17). The largest absolute Gasteiger partial charge is 0.481 e. The van der Waals surface area contributed by atoms with Gasteiger partial charge >= 0.3 is 5.97 Å². The molecule has 18 heavy (non-hydrogen) atoms. The number of carboxylic acids is 1. The van der Waals surface area contributed by atoms with E-state index < -0.39 is 17.1 Å². The number of amides is 2. The smallest absolute Gasteiger partial charge is 0.307 e. The van der Waals surface area contributed by atoms with Crippen molar-refractivity contribution in [1.29, 1.82) is 0 Å². The van der Waals surface area contributed by atoms with E-state index in [2.05, 4.69) is 0 Å². The summed E-state index contributed by atoms with van der Waals surface area (Å²) in [6, 6.07) is -0.0764. The second-order valence-electron chi connectivity index (χ2n) is 4.62. The van der Waals surface area contributed by atoms with Crippen molar-refractivity contribution in [2.75, 3.05) is 5.75 Å². The molecule has 0 aromatic heterocycles. The van der Waals surface area contributed by atoms with Crippen LogP contribution >= 0.6 is 11.8 Å². The molecule has 1 N–H and O–H groups in total. The van der Waals surface area contributed by atoms with Crippen LogP contribution in [0.3, 0.4) is 0 Å². The summed E-state index contributed by atoms with van der Waals surface area (Å²) in [5.41, 5.74) is 0. The lowest BCUT2D eigenvalue weighted by atomic mass is 10.2. The van der Waals surface area contributed by atoms with E-state index in [1.807, 2.05) is 13.8 Å². The van der Waals surface area contributed by atoms with E-state index in [1.165, 1.54) is 16.7 Å². The molecule has 6 heteroatoms. The summed E-state index contributed by atoms with van der Waals surface area (Å²) in [5.74, 6) is -1.34. The van der Waals surface area contributed by atoms with Crippen LogP contribution in [0.25, 0.3) is 0 Å². The van der Waals surface area contributed by atoms with Crippen LogP contribution in [0.15, 0.2) is 0 Å². The summed E-state index contributed by atoms with van der Waals surface area (Å²) in [6.07, 6.45) is 0.931. The fraction of sp³-hybridized carbons (Fsp3) is 0.750. The van der Waals surface area contributed by atoms with Gasteiger partial charge in [-0.25, -0.2) is 0 Å². The lowest BCUT2D eigenvalue weighted by Gasteiger charge is -2.21. The van der Waals surface area contributed by atoms with Crippen LogP contribution in [-0.4, -0.2) is 44.8 Å². The normalized spacial score (nSPS) is 23.3. The van der Waals surface area contributed by atoms with E-state index >= 15 is 0 Å². The average Bonchev–Trinajstić information content (AvgIpc) is 2.60. The number of thioether (sulfide) groups is 1. The molecule has 1 rings (SSSR count). The molecule has 0 bridgehead atoms. The van der Waals surface area contributed by atoms with Crippen LogP contribution in [0.5, 0.6) is 0 Å². The maximum Gasteiger partial charge on any atom is 0.307 e. The minimum absolute atomic E-state index is 0.0764. The van der Waals surface area contributed by atoms with Gasteiger partial charge in [0.2, 0.25) is 11.8 Å². The first-order chi connectivity index (χ1) is 8.38. The fourth-order valence-corrected chi connectivity index (χ4v) is 2.91. The zero-order chi connectivity index (χ0) is 13.9. The number of rotatable bonds is 6. The summed E-state index contributed by atoms with van der Waals surface area (Å²) in [6.45, 7) is 5.38. The third-order valence-corrected chi connectivity index (χ3v) is 4.61. The third-order valence-electron chi connectivity index (χ3n) is 3.14. The zero-order valence-electron chi connectivity index (χ0n) is 10.9. The molecule has 5 nitrogen and oxygen atoms in total. The number of likely N-dealkylation sites (tertiary alicyclic amines) is 1. The Hall–Kier alpha value is -1.04. The molecular formula is C12H19NO4S. The van der Waals surface area contributed by atoms with Crippen molar-refractivity contribution in [3.05, 3.63) is 0 Å². The van der Waals surface area contributed by atoms with E-state index in [0.29, 0.717) is 5.75 Å². The summed E-state index contributed by atoms with van der Waals surface area (Å²) < 4.78 is 0. The number of hydrogen-bond acceptors (Lipinski definition) is 4. The van der Waals surface area contributed by atoms with Crippen molar-refractivity contribution < 1.29 is 19.5 Å². The van der Waals surface area contributed by atoms with E-state index in [1.54, 1.807) is 6.92 Å². The lowest BCUT2D eigenvalue weighted by molar-refractivity contribution is -0.141. The SMILES string of the molecule is CCC(C)N1C(=O)CC(SCC(C)C(=O)O)C1=O. The van der Waals surface area contributed by atoms with E-state index in [-0.39, 0.29) is 24.3 Å². The first kappa shape index (κ1) is 15.0. The Bertz CT molecular complexity index is 358. The summed E-state index contributed by atoms with van der Waals surface area (Å²) in [7, 11) is 0. The highest BCUT2D eigenvalue weighted by Crippen LogP contribution is 2.28. The lowest BCUT2D eigenvalue weighted by Crippen LogP contribution is -2.38. The Morgan fingerprint density at radius 2 is 2.11 bits per heavy atom. The Morgan fingerprint density at radius 3 is 2.61 bits per heavy atom. The van der Waals surface area contributed by atoms with Crippen LogP contribution in [0, 0.1) is 5.92 Å². The summed E-state index contributed by atoms with van der Waals surface area (Å²) in [5, 5.41) is 8.37. The molecule has 1 heterocycles. The Balaban J connectivity index is 2.58. The second kappa shape index (κ2) is 6.22. The number of carbonyl (C=O) groups excluding carboxylic acids is 2. The molecule has 3 unspecified atom stereocenters. The molecule has 0 aromatic carbocycles. The second-order valence-corrected chi connectivity index (χ2v) is 5.86. The van der Waals surface area contributed by atoms with Gasteiger partial charge in [-0.3, -0.25) is 19.3 Å². The van der Waals surface area contributed by atoms with Crippen LogP contribution in [0.2, 0.25) is 0 Å². The van der Waals surface area contributed by atoms with E-state index in [9.17, 15) is 14.4 Å². The molecule has 102 valence electrons. The van der Waals surface area contributed by atoms with Crippen molar-refractivity contribution >= 4 is 29.5 Å². The fourth-order valence-electron chi connectivity index (χ4n) is 1.73. The summed E-state index contributed by atoms with van der Waals surface area (Å²) in [4.78, 5) is 35.8. The van der Waals surface area contributed by atoms with Gasteiger partial charge in [-0.15, -0.1) is 11.8 Å². The predicted octanol–water partition coefficient (Wildman–Crippen LogP) is 1.37. The number of carboxylic acid groups (broad SMARTS) is 1. The molecule has 0 aromatic rings. The van der Waals surface area contributed by atoms with Crippen molar-refractivity contribution in [1.82, 2.24) is 4.90 Å². The highest BCUT2D eigenvalue weighted by atomic mass is 32.2. The number of hydrogen-bond donors (Lipinski definition) is 1. The monoisotopic (exact) mass is 273 g/mol. The topological polar surface area (TPSA) is 74.7 Å². The zero-order valence-corrected chi connectivity index (χ0v) is 11.7. The number of nitrogens with zero attached hydrogens (tertiary/aromatic N) is 1. The van der Waals surface area contributed by atoms with Gasteiger partial charge in [-0.1, -0.05) is 13.8 Å². The summed E-state index contributed by atoms with van der Waals surface area (Å²) >= 11 is 1.27. The van der Waals surface area contributed by atoms with Gasteiger partial charge in [0, 0.05) is 18.2 Å². The van der Waals surface area contributed by atoms with Gasteiger partial charge < -0.3 is 5.11 Å². The Kier molecular flexibility index (Phi) is 5.19. The van der Waals surface area contributed by atoms with Crippen molar-refractivity contribution in [3.63, 3.8) is 0 Å². The van der Waals surface area contributed by atoms with Gasteiger partial charge in [-0.05, 0) is 13.3 Å².